The highest BCUT2D eigenvalue weighted by atomic mass is 16.7. The zero-order valence-corrected chi connectivity index (χ0v) is 10.1. The third-order valence-corrected chi connectivity index (χ3v) is 2.70. The second kappa shape index (κ2) is 4.99. The number of nitrogens with one attached hydrogen (secondary N) is 2. The van der Waals surface area contributed by atoms with Crippen molar-refractivity contribution < 1.29 is 9.47 Å². The van der Waals surface area contributed by atoms with Crippen molar-refractivity contribution in [1.29, 1.82) is 0 Å². The average molecular weight is 259 g/mol. The molecule has 0 bridgehead atoms. The first kappa shape index (κ1) is 11.5. The molecule has 0 fully saturated rings. The van der Waals surface area contributed by atoms with Gasteiger partial charge in [0.05, 0.1) is 0 Å². The lowest BCUT2D eigenvalue weighted by molar-refractivity contribution is 0.174. The molecule has 0 saturated carbocycles. The first-order chi connectivity index (χ1) is 9.35. The number of nitrogen functional groups attached to an aromatic ring is 1. The molecule has 7 nitrogen and oxygen atoms in total. The third kappa shape index (κ3) is 2.50. The van der Waals surface area contributed by atoms with Crippen molar-refractivity contribution in [2.75, 3.05) is 17.5 Å². The summed E-state index contributed by atoms with van der Waals surface area (Å²) in [5.41, 5.74) is 3.47. The molecule has 1 aromatic carbocycles. The molecule has 0 spiro atoms. The summed E-state index contributed by atoms with van der Waals surface area (Å²) in [6, 6.07) is 7.59. The van der Waals surface area contributed by atoms with Gasteiger partial charge >= 0.3 is 0 Å². The maximum atomic E-state index is 5.33. The smallest absolute Gasteiger partial charge is 0.239 e. The Balaban J connectivity index is 1.68. The normalized spacial score (nSPS) is 12.3. The average Bonchev–Trinajstić information content (AvgIpc) is 2.93. The molecule has 0 saturated heterocycles. The molecule has 0 radical (unpaired) electrons. The van der Waals surface area contributed by atoms with Gasteiger partial charge in [0.2, 0.25) is 12.7 Å². The Morgan fingerprint density at radius 1 is 1.21 bits per heavy atom. The van der Waals surface area contributed by atoms with Crippen molar-refractivity contribution in [3.05, 3.63) is 36.0 Å². The van der Waals surface area contributed by atoms with Crippen LogP contribution in [-0.2, 0) is 6.54 Å². The van der Waals surface area contributed by atoms with Gasteiger partial charge in [-0.05, 0) is 23.8 Å². The summed E-state index contributed by atoms with van der Waals surface area (Å²) in [6.45, 7) is 0.904. The molecule has 1 aromatic heterocycles. The quantitative estimate of drug-likeness (QED) is 0.559. The molecule has 0 aliphatic carbocycles. The predicted octanol–water partition coefficient (Wildman–Crippen LogP) is 1.10. The lowest BCUT2D eigenvalue weighted by Crippen LogP contribution is -2.11. The molecule has 0 amide bonds. The number of rotatable bonds is 4. The minimum absolute atomic E-state index is 0.281. The fourth-order valence-electron chi connectivity index (χ4n) is 1.77. The molecule has 1 aliphatic heterocycles. The topological polar surface area (TPSA) is 94.3 Å². The Bertz CT molecular complexity index is 590. The number of fused-ring (bicyclic) bond motifs is 1. The van der Waals surface area contributed by atoms with Crippen LogP contribution in [0.1, 0.15) is 5.56 Å². The van der Waals surface area contributed by atoms with Crippen molar-refractivity contribution >= 4 is 11.8 Å². The Morgan fingerprint density at radius 3 is 3.00 bits per heavy atom. The zero-order valence-electron chi connectivity index (χ0n) is 10.1. The van der Waals surface area contributed by atoms with Crippen LogP contribution in [-0.4, -0.2) is 16.8 Å². The number of ether oxygens (including phenoxy) is 2. The van der Waals surface area contributed by atoms with Crippen molar-refractivity contribution in [2.24, 2.45) is 5.84 Å². The molecule has 1 aliphatic rings. The number of nitrogens with two attached hydrogens (primary N) is 1. The van der Waals surface area contributed by atoms with E-state index in [2.05, 4.69) is 20.7 Å². The van der Waals surface area contributed by atoms with Gasteiger partial charge in [0, 0.05) is 12.7 Å². The number of hydrogen-bond acceptors (Lipinski definition) is 7. The second-order valence-corrected chi connectivity index (χ2v) is 3.95. The fourth-order valence-corrected chi connectivity index (χ4v) is 1.77. The molecular weight excluding hydrogens is 246 g/mol. The fraction of sp³-hybridized carbons (Fsp3) is 0.167. The Morgan fingerprint density at radius 2 is 2.11 bits per heavy atom. The lowest BCUT2D eigenvalue weighted by atomic mass is 10.2. The molecular formula is C12H13N5O2. The van der Waals surface area contributed by atoms with Gasteiger partial charge in [-0.2, -0.15) is 4.98 Å². The Hall–Kier alpha value is -2.54. The number of anilines is 2. The third-order valence-electron chi connectivity index (χ3n) is 2.70. The summed E-state index contributed by atoms with van der Waals surface area (Å²) in [6.07, 6.45) is 1.63. The van der Waals surface area contributed by atoms with Crippen LogP contribution < -0.4 is 26.1 Å². The van der Waals surface area contributed by atoms with Crippen LogP contribution >= 0.6 is 0 Å². The van der Waals surface area contributed by atoms with Crippen LogP contribution in [0.25, 0.3) is 0 Å². The van der Waals surface area contributed by atoms with Crippen LogP contribution in [0, 0.1) is 0 Å². The molecule has 0 atom stereocenters. The lowest BCUT2D eigenvalue weighted by Gasteiger charge is -2.07. The first-order valence-electron chi connectivity index (χ1n) is 5.77. The monoisotopic (exact) mass is 259 g/mol. The van der Waals surface area contributed by atoms with Gasteiger partial charge in [0.25, 0.3) is 0 Å². The summed E-state index contributed by atoms with van der Waals surface area (Å²) < 4.78 is 10.6. The SMILES string of the molecule is NNc1nccc(NCc2ccc3c(c2)OCO3)n1. The van der Waals surface area contributed by atoms with E-state index in [1.54, 1.807) is 12.3 Å². The summed E-state index contributed by atoms with van der Waals surface area (Å²) in [5, 5.41) is 3.18. The van der Waals surface area contributed by atoms with Gasteiger partial charge in [-0.15, -0.1) is 0 Å². The largest absolute Gasteiger partial charge is 0.454 e. The van der Waals surface area contributed by atoms with E-state index in [1.807, 2.05) is 18.2 Å². The van der Waals surface area contributed by atoms with E-state index in [4.69, 9.17) is 15.3 Å². The molecule has 2 heterocycles. The van der Waals surface area contributed by atoms with Crippen molar-refractivity contribution in [3.63, 3.8) is 0 Å². The Kier molecular flexibility index (Phi) is 3.03. The van der Waals surface area contributed by atoms with Gasteiger partial charge in [-0.3, -0.25) is 5.43 Å². The van der Waals surface area contributed by atoms with Crippen LogP contribution in [0.15, 0.2) is 30.5 Å². The molecule has 19 heavy (non-hydrogen) atoms. The molecule has 98 valence electrons. The van der Waals surface area contributed by atoms with E-state index in [9.17, 15) is 0 Å². The standard InChI is InChI=1S/C12H13N5O2/c13-17-12-14-4-3-11(16-12)15-6-8-1-2-9-10(5-8)19-7-18-9/h1-5H,6-7,13H2,(H2,14,15,16,17). The summed E-state index contributed by atoms with van der Waals surface area (Å²) in [5.74, 6) is 7.87. The van der Waals surface area contributed by atoms with Gasteiger partial charge in [0.15, 0.2) is 11.5 Å². The highest BCUT2D eigenvalue weighted by Gasteiger charge is 2.12. The van der Waals surface area contributed by atoms with E-state index in [1.165, 1.54) is 0 Å². The predicted molar refractivity (Wildman–Crippen MR) is 69.7 cm³/mol. The number of aromatic nitrogens is 2. The van der Waals surface area contributed by atoms with Gasteiger partial charge in [-0.25, -0.2) is 10.8 Å². The van der Waals surface area contributed by atoms with Crippen LogP contribution in [0.4, 0.5) is 11.8 Å². The molecule has 3 rings (SSSR count). The second-order valence-electron chi connectivity index (χ2n) is 3.95. The zero-order chi connectivity index (χ0) is 13.1. The van der Waals surface area contributed by atoms with Crippen LogP contribution in [0.5, 0.6) is 11.5 Å². The minimum Gasteiger partial charge on any atom is -0.454 e. The number of hydrazine groups is 1. The van der Waals surface area contributed by atoms with E-state index >= 15 is 0 Å². The number of nitrogens with zero attached hydrogens (tertiary/aromatic N) is 2. The summed E-state index contributed by atoms with van der Waals surface area (Å²) in [4.78, 5) is 8.10. The molecule has 7 heteroatoms. The number of hydrogen-bond donors (Lipinski definition) is 3. The molecule has 2 aromatic rings. The van der Waals surface area contributed by atoms with E-state index in [0.717, 1.165) is 17.1 Å². The van der Waals surface area contributed by atoms with Gasteiger partial charge < -0.3 is 14.8 Å². The van der Waals surface area contributed by atoms with Crippen molar-refractivity contribution in [1.82, 2.24) is 9.97 Å². The van der Waals surface area contributed by atoms with Crippen molar-refractivity contribution in [2.45, 2.75) is 6.54 Å². The Labute approximate surface area is 109 Å². The first-order valence-corrected chi connectivity index (χ1v) is 5.77. The minimum atomic E-state index is 0.281. The summed E-state index contributed by atoms with van der Waals surface area (Å²) in [7, 11) is 0. The van der Waals surface area contributed by atoms with Gasteiger partial charge in [-0.1, -0.05) is 6.07 Å². The highest BCUT2D eigenvalue weighted by molar-refractivity contribution is 5.46. The van der Waals surface area contributed by atoms with E-state index in [0.29, 0.717) is 18.3 Å². The van der Waals surface area contributed by atoms with E-state index in [-0.39, 0.29) is 6.79 Å². The highest BCUT2D eigenvalue weighted by Crippen LogP contribution is 2.32. The summed E-state index contributed by atoms with van der Waals surface area (Å²) >= 11 is 0. The van der Waals surface area contributed by atoms with Crippen LogP contribution in [0.2, 0.25) is 0 Å². The maximum Gasteiger partial charge on any atom is 0.239 e. The van der Waals surface area contributed by atoms with Gasteiger partial charge in [0.1, 0.15) is 5.82 Å². The van der Waals surface area contributed by atoms with Crippen molar-refractivity contribution in [3.8, 4) is 11.5 Å². The maximum absolute atomic E-state index is 5.33. The van der Waals surface area contributed by atoms with E-state index < -0.39 is 0 Å². The number of benzene rings is 1. The molecule has 0 unspecified atom stereocenters. The molecule has 4 N–H and O–H groups in total. The van der Waals surface area contributed by atoms with Crippen LogP contribution in [0.3, 0.4) is 0 Å².